The van der Waals surface area contributed by atoms with Crippen LogP contribution in [-0.2, 0) is 9.47 Å². The minimum Gasteiger partial charge on any atom is -0.507 e. The van der Waals surface area contributed by atoms with Gasteiger partial charge in [-0.25, -0.2) is 15.0 Å². The molecule has 0 fully saturated rings. The Bertz CT molecular complexity index is 1450. The maximum atomic E-state index is 10.9. The summed E-state index contributed by atoms with van der Waals surface area (Å²) in [4.78, 5) is 13.8. The van der Waals surface area contributed by atoms with Gasteiger partial charge in [-0.2, -0.15) is 0 Å². The standard InChI is InChI=1S/C32H37N3O8/c1-3-4-14-41-18-23(37)20-43-25-11-13-27(29(39)16-25)32-34-30(21-8-6-5-7-9-21)33-31(35-32)26-12-10-24(15-28(26)38)42-19-22(36)17-40-2/h5-13,15-16,22-23,36-39H,3-4,14,17-20H2,1-2H3. The number of nitrogens with zero attached hydrogens (tertiary/aromatic N) is 3. The molecular weight excluding hydrogens is 554 g/mol. The Morgan fingerprint density at radius 1 is 0.674 bits per heavy atom. The van der Waals surface area contributed by atoms with Crippen molar-refractivity contribution in [2.75, 3.05) is 40.1 Å². The molecule has 0 saturated heterocycles. The minimum absolute atomic E-state index is 0.00327. The number of rotatable bonds is 16. The van der Waals surface area contributed by atoms with E-state index in [0.29, 0.717) is 40.6 Å². The first kappa shape index (κ1) is 31.6. The number of aromatic hydroxyl groups is 2. The van der Waals surface area contributed by atoms with Crippen molar-refractivity contribution < 1.29 is 39.4 Å². The van der Waals surface area contributed by atoms with Gasteiger partial charge in [-0.3, -0.25) is 0 Å². The second-order valence-corrected chi connectivity index (χ2v) is 9.84. The van der Waals surface area contributed by atoms with Crippen molar-refractivity contribution in [3.63, 3.8) is 0 Å². The Labute approximate surface area is 250 Å². The highest BCUT2D eigenvalue weighted by molar-refractivity contribution is 5.72. The van der Waals surface area contributed by atoms with E-state index < -0.39 is 12.2 Å². The molecule has 2 unspecified atom stereocenters. The number of ether oxygens (including phenoxy) is 4. The Balaban J connectivity index is 1.59. The third-order valence-electron chi connectivity index (χ3n) is 6.28. The quantitative estimate of drug-likeness (QED) is 0.138. The lowest BCUT2D eigenvalue weighted by Gasteiger charge is -2.14. The third-order valence-corrected chi connectivity index (χ3v) is 6.28. The number of aliphatic hydroxyl groups excluding tert-OH is 2. The molecule has 1 heterocycles. The lowest BCUT2D eigenvalue weighted by Crippen LogP contribution is -2.23. The van der Waals surface area contributed by atoms with E-state index in [0.717, 1.165) is 12.8 Å². The van der Waals surface area contributed by atoms with E-state index in [1.807, 2.05) is 30.3 Å². The predicted octanol–water partition coefficient (Wildman–Crippen LogP) is 4.23. The van der Waals surface area contributed by atoms with Crippen LogP contribution in [0.2, 0.25) is 0 Å². The minimum atomic E-state index is -0.814. The second kappa shape index (κ2) is 15.8. The zero-order valence-corrected chi connectivity index (χ0v) is 24.2. The average Bonchev–Trinajstić information content (AvgIpc) is 3.01. The summed E-state index contributed by atoms with van der Waals surface area (Å²) < 4.78 is 21.5. The number of methoxy groups -OCH3 is 1. The molecule has 0 spiro atoms. The zero-order chi connectivity index (χ0) is 30.6. The van der Waals surface area contributed by atoms with Crippen molar-refractivity contribution in [2.45, 2.75) is 32.0 Å². The topological polar surface area (TPSA) is 157 Å². The van der Waals surface area contributed by atoms with E-state index in [1.54, 1.807) is 24.3 Å². The number of hydrogen-bond acceptors (Lipinski definition) is 11. The van der Waals surface area contributed by atoms with Crippen LogP contribution in [0.5, 0.6) is 23.0 Å². The first-order valence-electron chi connectivity index (χ1n) is 14.0. The molecule has 2 atom stereocenters. The molecule has 11 nitrogen and oxygen atoms in total. The number of unbranched alkanes of at least 4 members (excludes halogenated alkanes) is 1. The Morgan fingerprint density at radius 3 is 1.72 bits per heavy atom. The molecule has 4 N–H and O–H groups in total. The monoisotopic (exact) mass is 591 g/mol. The normalized spacial score (nSPS) is 12.6. The molecule has 0 amide bonds. The summed E-state index contributed by atoms with van der Waals surface area (Å²) in [5.74, 6) is 1.13. The first-order chi connectivity index (χ1) is 20.9. The summed E-state index contributed by atoms with van der Waals surface area (Å²) in [7, 11) is 1.48. The molecule has 1 aromatic heterocycles. The third kappa shape index (κ3) is 9.10. The number of phenols is 2. The SMILES string of the molecule is CCCCOCC(O)COc1ccc(-c2nc(-c3ccccc3)nc(-c3ccc(OCC(O)COC)cc3O)n2)c(O)c1. The van der Waals surface area contributed by atoms with Crippen molar-refractivity contribution in [2.24, 2.45) is 0 Å². The number of aromatic nitrogens is 3. The summed E-state index contributed by atoms with van der Waals surface area (Å²) >= 11 is 0. The van der Waals surface area contributed by atoms with Crippen LogP contribution in [0, 0.1) is 0 Å². The molecule has 228 valence electrons. The van der Waals surface area contributed by atoms with Crippen molar-refractivity contribution in [3.8, 4) is 57.2 Å². The maximum Gasteiger partial charge on any atom is 0.167 e. The van der Waals surface area contributed by atoms with Crippen LogP contribution in [0.15, 0.2) is 66.7 Å². The van der Waals surface area contributed by atoms with Gasteiger partial charge in [0.15, 0.2) is 17.5 Å². The zero-order valence-electron chi connectivity index (χ0n) is 24.2. The summed E-state index contributed by atoms with van der Waals surface area (Å²) in [5, 5.41) is 41.7. The van der Waals surface area contributed by atoms with E-state index in [2.05, 4.69) is 21.9 Å². The molecule has 0 aliphatic heterocycles. The molecule has 0 bridgehead atoms. The molecule has 0 aliphatic carbocycles. The highest BCUT2D eigenvalue weighted by Crippen LogP contribution is 2.35. The molecule has 43 heavy (non-hydrogen) atoms. The van der Waals surface area contributed by atoms with Crippen LogP contribution >= 0.6 is 0 Å². The maximum absolute atomic E-state index is 10.9. The van der Waals surface area contributed by atoms with Gasteiger partial charge < -0.3 is 39.4 Å². The van der Waals surface area contributed by atoms with Crippen LogP contribution in [0.1, 0.15) is 19.8 Å². The Morgan fingerprint density at radius 2 is 1.21 bits per heavy atom. The van der Waals surface area contributed by atoms with Gasteiger partial charge in [0.2, 0.25) is 0 Å². The smallest absolute Gasteiger partial charge is 0.167 e. The van der Waals surface area contributed by atoms with E-state index in [-0.39, 0.29) is 49.6 Å². The molecule has 0 saturated carbocycles. The van der Waals surface area contributed by atoms with Gasteiger partial charge in [0.05, 0.1) is 24.3 Å². The van der Waals surface area contributed by atoms with Crippen LogP contribution < -0.4 is 9.47 Å². The fourth-order valence-corrected chi connectivity index (χ4v) is 4.05. The molecule has 0 radical (unpaired) electrons. The predicted molar refractivity (Wildman–Crippen MR) is 160 cm³/mol. The van der Waals surface area contributed by atoms with Gasteiger partial charge >= 0.3 is 0 Å². The number of hydrogen-bond donors (Lipinski definition) is 4. The van der Waals surface area contributed by atoms with Gasteiger partial charge in [0.25, 0.3) is 0 Å². The van der Waals surface area contributed by atoms with E-state index in [4.69, 9.17) is 18.9 Å². The summed E-state index contributed by atoms with van der Waals surface area (Å²) in [5.41, 5.74) is 1.36. The van der Waals surface area contributed by atoms with Crippen molar-refractivity contribution in [1.29, 1.82) is 0 Å². The highest BCUT2D eigenvalue weighted by atomic mass is 16.5. The van der Waals surface area contributed by atoms with Crippen molar-refractivity contribution in [1.82, 2.24) is 15.0 Å². The van der Waals surface area contributed by atoms with E-state index >= 15 is 0 Å². The van der Waals surface area contributed by atoms with Gasteiger partial charge in [0, 0.05) is 31.4 Å². The van der Waals surface area contributed by atoms with Gasteiger partial charge in [-0.05, 0) is 30.7 Å². The number of phenolic OH excluding ortho intramolecular Hbond substituents is 2. The molecular formula is C32H37N3O8. The van der Waals surface area contributed by atoms with E-state index in [9.17, 15) is 20.4 Å². The molecule has 0 aliphatic rings. The lowest BCUT2D eigenvalue weighted by atomic mass is 10.1. The van der Waals surface area contributed by atoms with Gasteiger partial charge in [0.1, 0.15) is 48.4 Å². The van der Waals surface area contributed by atoms with Crippen LogP contribution in [0.4, 0.5) is 0 Å². The Hall–Kier alpha value is -4.29. The molecule has 11 heteroatoms. The van der Waals surface area contributed by atoms with Crippen LogP contribution in [0.3, 0.4) is 0 Å². The average molecular weight is 592 g/mol. The first-order valence-corrected chi connectivity index (χ1v) is 14.0. The largest absolute Gasteiger partial charge is 0.507 e. The lowest BCUT2D eigenvalue weighted by molar-refractivity contribution is 0.0113. The molecule has 4 rings (SSSR count). The van der Waals surface area contributed by atoms with Crippen LogP contribution in [0.25, 0.3) is 34.2 Å². The van der Waals surface area contributed by atoms with Crippen molar-refractivity contribution in [3.05, 3.63) is 66.7 Å². The number of benzene rings is 3. The fourth-order valence-electron chi connectivity index (χ4n) is 4.05. The second-order valence-electron chi connectivity index (χ2n) is 9.84. The molecule has 3 aromatic carbocycles. The summed E-state index contributed by atoms with van der Waals surface area (Å²) in [6, 6.07) is 18.6. The summed E-state index contributed by atoms with van der Waals surface area (Å²) in [6.07, 6.45) is 0.314. The van der Waals surface area contributed by atoms with Gasteiger partial charge in [-0.1, -0.05) is 43.7 Å². The van der Waals surface area contributed by atoms with E-state index in [1.165, 1.54) is 19.2 Å². The Kier molecular flexibility index (Phi) is 11.6. The van der Waals surface area contributed by atoms with Crippen molar-refractivity contribution >= 4 is 0 Å². The molecule has 4 aromatic rings. The highest BCUT2D eigenvalue weighted by Gasteiger charge is 2.18. The summed E-state index contributed by atoms with van der Waals surface area (Å²) in [6.45, 7) is 2.92. The number of aliphatic hydroxyl groups is 2. The van der Waals surface area contributed by atoms with Gasteiger partial charge in [-0.15, -0.1) is 0 Å². The van der Waals surface area contributed by atoms with Crippen LogP contribution in [-0.4, -0.2) is 87.7 Å². The fraction of sp³-hybridized carbons (Fsp3) is 0.344.